The van der Waals surface area contributed by atoms with Crippen LogP contribution in [0.25, 0.3) is 119 Å². The Labute approximate surface area is 366 Å². The Morgan fingerprint density at radius 1 is 0.274 bits per heavy atom. The molecule has 0 aliphatic carbocycles. The van der Waals surface area contributed by atoms with E-state index in [1.807, 2.05) is 34.9 Å². The predicted molar refractivity (Wildman–Crippen MR) is 264 cm³/mol. The van der Waals surface area contributed by atoms with Crippen molar-refractivity contribution >= 4 is 63.0 Å². The smallest absolute Gasteiger partial charge is 0.160 e. The molecule has 0 saturated carbocycles. The molecule has 12 rings (SSSR count). The van der Waals surface area contributed by atoms with Crippen LogP contribution in [0.3, 0.4) is 0 Å². The molecular formula is C57H35N3S2. The third-order valence-electron chi connectivity index (χ3n) is 11.8. The minimum absolute atomic E-state index is 0.666. The molecule has 4 heterocycles. The standard InChI is InChI=1S/C57H35N3S2/c1-2-10-36(11-3-1)37-19-21-38(22-20-37)51-34-52(60-57(59-51)42-13-8-12-39(28-42)43-14-9-27-58-35-43)46-30-44(40-23-25-55-49(32-40)47-15-4-6-17-53(47)61-55)29-45(31-46)41-24-26-56-50(33-41)48-16-5-7-18-54(48)62-56/h1-35H. The molecule has 8 aromatic carbocycles. The number of benzene rings is 8. The van der Waals surface area contributed by atoms with Crippen molar-refractivity contribution in [3.63, 3.8) is 0 Å². The van der Waals surface area contributed by atoms with E-state index in [9.17, 15) is 0 Å². The molecule has 0 spiro atoms. The first kappa shape index (κ1) is 36.3. The maximum atomic E-state index is 5.41. The fraction of sp³-hybridized carbons (Fsp3) is 0. The summed E-state index contributed by atoms with van der Waals surface area (Å²) in [4.78, 5) is 15.1. The molecule has 12 aromatic rings. The molecule has 0 aliphatic rings. The monoisotopic (exact) mass is 825 g/mol. The van der Waals surface area contributed by atoms with Gasteiger partial charge in [-0.3, -0.25) is 4.98 Å². The van der Waals surface area contributed by atoms with E-state index in [-0.39, 0.29) is 0 Å². The topological polar surface area (TPSA) is 38.7 Å². The molecule has 5 heteroatoms. The summed E-state index contributed by atoms with van der Waals surface area (Å²) in [5.74, 6) is 0.666. The van der Waals surface area contributed by atoms with Gasteiger partial charge in [0.2, 0.25) is 0 Å². The highest BCUT2D eigenvalue weighted by Crippen LogP contribution is 2.41. The van der Waals surface area contributed by atoms with Crippen LogP contribution >= 0.6 is 22.7 Å². The van der Waals surface area contributed by atoms with Gasteiger partial charge in [0.15, 0.2) is 5.82 Å². The van der Waals surface area contributed by atoms with E-state index in [0.29, 0.717) is 5.82 Å². The summed E-state index contributed by atoms with van der Waals surface area (Å²) in [5, 5.41) is 5.13. The zero-order valence-electron chi connectivity index (χ0n) is 33.4. The number of fused-ring (bicyclic) bond motifs is 6. The lowest BCUT2D eigenvalue weighted by Gasteiger charge is -2.14. The highest BCUT2D eigenvalue weighted by molar-refractivity contribution is 7.26. The van der Waals surface area contributed by atoms with Gasteiger partial charge in [0.25, 0.3) is 0 Å². The summed E-state index contributed by atoms with van der Waals surface area (Å²) >= 11 is 3.69. The third-order valence-corrected chi connectivity index (χ3v) is 14.1. The van der Waals surface area contributed by atoms with E-state index in [1.165, 1.54) is 57.0 Å². The number of hydrogen-bond acceptors (Lipinski definition) is 5. The lowest BCUT2D eigenvalue weighted by molar-refractivity contribution is 1.18. The molecule has 0 radical (unpaired) electrons. The van der Waals surface area contributed by atoms with E-state index in [2.05, 4.69) is 199 Å². The summed E-state index contributed by atoms with van der Waals surface area (Å²) in [7, 11) is 0. The second kappa shape index (κ2) is 15.2. The van der Waals surface area contributed by atoms with Gasteiger partial charge < -0.3 is 0 Å². The maximum Gasteiger partial charge on any atom is 0.160 e. The summed E-state index contributed by atoms with van der Waals surface area (Å²) in [6, 6.07) is 72.1. The largest absolute Gasteiger partial charge is 0.264 e. The van der Waals surface area contributed by atoms with Crippen molar-refractivity contribution in [2.75, 3.05) is 0 Å². The summed E-state index contributed by atoms with van der Waals surface area (Å²) in [5.41, 5.74) is 13.8. The van der Waals surface area contributed by atoms with Crippen LogP contribution < -0.4 is 0 Å². The Hall–Kier alpha value is -7.57. The van der Waals surface area contributed by atoms with Gasteiger partial charge in [-0.2, -0.15) is 0 Å². The Morgan fingerprint density at radius 2 is 0.742 bits per heavy atom. The molecule has 3 nitrogen and oxygen atoms in total. The summed E-state index contributed by atoms with van der Waals surface area (Å²) in [6.45, 7) is 0. The molecule has 62 heavy (non-hydrogen) atoms. The molecule has 290 valence electrons. The van der Waals surface area contributed by atoms with Crippen molar-refractivity contribution in [1.29, 1.82) is 0 Å². The minimum Gasteiger partial charge on any atom is -0.264 e. The van der Waals surface area contributed by atoms with E-state index < -0.39 is 0 Å². The summed E-state index contributed by atoms with van der Waals surface area (Å²) < 4.78 is 5.18. The summed E-state index contributed by atoms with van der Waals surface area (Å²) in [6.07, 6.45) is 3.70. The molecule has 0 fully saturated rings. The number of rotatable bonds is 7. The molecule has 0 saturated heterocycles. The maximum absolute atomic E-state index is 5.41. The fourth-order valence-corrected chi connectivity index (χ4v) is 10.8. The van der Waals surface area contributed by atoms with Gasteiger partial charge in [-0.25, -0.2) is 9.97 Å². The molecule has 0 aliphatic heterocycles. The number of nitrogens with zero attached hydrogens (tertiary/aromatic N) is 3. The van der Waals surface area contributed by atoms with Crippen molar-refractivity contribution in [3.8, 4) is 78.4 Å². The second-order valence-corrected chi connectivity index (χ2v) is 17.8. The van der Waals surface area contributed by atoms with Gasteiger partial charge in [0.05, 0.1) is 11.4 Å². The molecule has 0 bridgehead atoms. The highest BCUT2D eigenvalue weighted by atomic mass is 32.1. The van der Waals surface area contributed by atoms with Crippen molar-refractivity contribution in [3.05, 3.63) is 213 Å². The van der Waals surface area contributed by atoms with Gasteiger partial charge in [0.1, 0.15) is 0 Å². The van der Waals surface area contributed by atoms with Gasteiger partial charge in [-0.1, -0.05) is 127 Å². The van der Waals surface area contributed by atoms with Crippen LogP contribution in [0.2, 0.25) is 0 Å². The van der Waals surface area contributed by atoms with Crippen LogP contribution in [-0.4, -0.2) is 15.0 Å². The lowest BCUT2D eigenvalue weighted by atomic mass is 9.93. The van der Waals surface area contributed by atoms with Gasteiger partial charge >= 0.3 is 0 Å². The first-order valence-electron chi connectivity index (χ1n) is 20.7. The van der Waals surface area contributed by atoms with Crippen LogP contribution in [0.5, 0.6) is 0 Å². The number of thiophene rings is 2. The van der Waals surface area contributed by atoms with Crippen LogP contribution in [-0.2, 0) is 0 Å². The average Bonchev–Trinajstić information content (AvgIpc) is 3.92. The predicted octanol–water partition coefficient (Wildman–Crippen LogP) is 16.3. The molecule has 0 atom stereocenters. The quantitative estimate of drug-likeness (QED) is 0.161. The van der Waals surface area contributed by atoms with E-state index in [1.54, 1.807) is 6.20 Å². The minimum atomic E-state index is 0.666. The van der Waals surface area contributed by atoms with Crippen molar-refractivity contribution < 1.29 is 0 Å². The zero-order chi connectivity index (χ0) is 41.0. The van der Waals surface area contributed by atoms with Gasteiger partial charge in [-0.15, -0.1) is 22.7 Å². The fourth-order valence-electron chi connectivity index (χ4n) is 8.63. The van der Waals surface area contributed by atoms with E-state index in [0.717, 1.165) is 55.9 Å². The molecule has 4 aromatic heterocycles. The molecule has 0 unspecified atom stereocenters. The van der Waals surface area contributed by atoms with Crippen molar-refractivity contribution in [2.24, 2.45) is 0 Å². The molecule has 0 N–H and O–H groups in total. The Balaban J connectivity index is 1.07. The lowest BCUT2D eigenvalue weighted by Crippen LogP contribution is -1.97. The Morgan fingerprint density at radius 3 is 1.39 bits per heavy atom. The van der Waals surface area contributed by atoms with Gasteiger partial charge in [0, 0.05) is 75.0 Å². The SMILES string of the molecule is c1ccc(-c2ccc(-c3cc(-c4cc(-c5ccc6sc7ccccc7c6c5)cc(-c5ccc6sc7ccccc7c6c5)c4)nc(-c4cccc(-c5cccnc5)c4)n3)cc2)cc1. The van der Waals surface area contributed by atoms with Crippen molar-refractivity contribution in [1.82, 2.24) is 15.0 Å². The number of hydrogen-bond donors (Lipinski definition) is 0. The third kappa shape index (κ3) is 6.65. The molecule has 0 amide bonds. The van der Waals surface area contributed by atoms with Gasteiger partial charge in [-0.05, 0) is 112 Å². The first-order chi connectivity index (χ1) is 30.7. The second-order valence-electron chi connectivity index (χ2n) is 15.6. The number of pyridine rings is 1. The van der Waals surface area contributed by atoms with Crippen LogP contribution in [0.4, 0.5) is 0 Å². The Kier molecular flexibility index (Phi) is 8.87. The normalized spacial score (nSPS) is 11.5. The van der Waals surface area contributed by atoms with E-state index in [4.69, 9.17) is 9.97 Å². The van der Waals surface area contributed by atoms with Crippen LogP contribution in [0, 0.1) is 0 Å². The molecular weight excluding hydrogens is 791 g/mol. The highest BCUT2D eigenvalue weighted by Gasteiger charge is 2.16. The number of aromatic nitrogens is 3. The first-order valence-corrected chi connectivity index (χ1v) is 22.3. The zero-order valence-corrected chi connectivity index (χ0v) is 35.0. The van der Waals surface area contributed by atoms with Crippen LogP contribution in [0.15, 0.2) is 213 Å². The van der Waals surface area contributed by atoms with Crippen LogP contribution in [0.1, 0.15) is 0 Å². The Bertz CT molecular complexity index is 3490. The van der Waals surface area contributed by atoms with E-state index >= 15 is 0 Å². The average molecular weight is 826 g/mol. The van der Waals surface area contributed by atoms with Crippen molar-refractivity contribution in [2.45, 2.75) is 0 Å².